The Kier molecular flexibility index (Phi) is 3.77. The van der Waals surface area contributed by atoms with E-state index in [2.05, 4.69) is 25.5 Å². The van der Waals surface area contributed by atoms with Crippen molar-refractivity contribution in [1.29, 1.82) is 0 Å². The van der Waals surface area contributed by atoms with E-state index in [1.54, 1.807) is 7.11 Å². The van der Waals surface area contributed by atoms with Crippen molar-refractivity contribution in [1.82, 2.24) is 0 Å². The average molecular weight is 150 g/mol. The quantitative estimate of drug-likeness (QED) is 0.478. The normalized spacial score (nSPS) is 18.0. The maximum Gasteiger partial charge on any atom is 0.247 e. The lowest BCUT2D eigenvalue weighted by atomic mass is 10.6. The van der Waals surface area contributed by atoms with Crippen LogP contribution in [0.15, 0.2) is 0 Å². The minimum absolute atomic E-state index is 1.15. The molecule has 0 fully saturated rings. The van der Waals surface area contributed by atoms with Crippen LogP contribution in [0.1, 0.15) is 13.3 Å². The van der Waals surface area contributed by atoms with Gasteiger partial charge < -0.3 is 4.43 Å². The highest BCUT2D eigenvalue weighted by Gasteiger charge is 2.19. The van der Waals surface area contributed by atoms with Crippen LogP contribution < -0.4 is 0 Å². The highest BCUT2D eigenvalue weighted by atomic mass is 32.3. The van der Waals surface area contributed by atoms with Crippen molar-refractivity contribution in [3.63, 3.8) is 0 Å². The molecule has 0 aromatic rings. The van der Waals surface area contributed by atoms with Gasteiger partial charge in [0, 0.05) is 7.11 Å². The molecule has 1 unspecified atom stereocenters. The Hall–Kier alpha value is 0.527. The second-order valence-electron chi connectivity index (χ2n) is 2.13. The summed E-state index contributed by atoms with van der Waals surface area (Å²) in [6.07, 6.45) is 1.18. The van der Waals surface area contributed by atoms with Crippen LogP contribution in [-0.4, -0.2) is 14.6 Å². The summed E-state index contributed by atoms with van der Waals surface area (Å²) in [4.78, 5) is 0. The second-order valence-corrected chi connectivity index (χ2v) is 8.23. The maximum atomic E-state index is 5.18. The minimum Gasteiger partial charge on any atom is -0.410 e. The molecule has 50 valence electrons. The zero-order valence-electron chi connectivity index (χ0n) is 5.77. The van der Waals surface area contributed by atoms with E-state index in [4.69, 9.17) is 4.43 Å². The molecule has 0 saturated heterocycles. The van der Waals surface area contributed by atoms with Gasteiger partial charge in [0.2, 0.25) is 7.47 Å². The summed E-state index contributed by atoms with van der Waals surface area (Å²) >= 11 is 4.38. The monoisotopic (exact) mass is 150 g/mol. The standard InChI is InChI=1S/C5H14OSSi/c1-4-5-8(3,7)6-2/h7H,4-5H2,1-3H3. The van der Waals surface area contributed by atoms with E-state index in [1.807, 2.05) is 0 Å². The van der Waals surface area contributed by atoms with Crippen LogP contribution in [-0.2, 0) is 4.43 Å². The van der Waals surface area contributed by atoms with E-state index >= 15 is 0 Å². The van der Waals surface area contributed by atoms with Crippen LogP contribution in [0.2, 0.25) is 12.6 Å². The van der Waals surface area contributed by atoms with Gasteiger partial charge in [-0.2, -0.15) is 12.1 Å². The summed E-state index contributed by atoms with van der Waals surface area (Å²) in [5.41, 5.74) is 0. The van der Waals surface area contributed by atoms with Crippen molar-refractivity contribution in [2.75, 3.05) is 7.11 Å². The van der Waals surface area contributed by atoms with Gasteiger partial charge in [-0.25, -0.2) is 0 Å². The first-order valence-electron chi connectivity index (χ1n) is 2.90. The Balaban J connectivity index is 3.37. The summed E-state index contributed by atoms with van der Waals surface area (Å²) < 4.78 is 5.18. The Labute approximate surface area is 57.6 Å². The van der Waals surface area contributed by atoms with Crippen molar-refractivity contribution in [2.45, 2.75) is 25.9 Å². The van der Waals surface area contributed by atoms with E-state index in [0.29, 0.717) is 0 Å². The van der Waals surface area contributed by atoms with Crippen LogP contribution in [0.5, 0.6) is 0 Å². The molecule has 0 saturated carbocycles. The van der Waals surface area contributed by atoms with E-state index in [0.717, 1.165) is 6.04 Å². The summed E-state index contributed by atoms with van der Waals surface area (Å²) in [6, 6.07) is 1.15. The minimum atomic E-state index is -1.48. The second kappa shape index (κ2) is 3.53. The third-order valence-corrected chi connectivity index (χ3v) is 4.68. The first-order valence-corrected chi connectivity index (χ1v) is 6.80. The van der Waals surface area contributed by atoms with E-state index < -0.39 is 7.47 Å². The Morgan fingerprint density at radius 3 is 2.25 bits per heavy atom. The van der Waals surface area contributed by atoms with E-state index in [-0.39, 0.29) is 0 Å². The maximum absolute atomic E-state index is 5.18. The van der Waals surface area contributed by atoms with Crippen molar-refractivity contribution in [3.8, 4) is 0 Å². The summed E-state index contributed by atoms with van der Waals surface area (Å²) in [5, 5.41) is 0. The SMILES string of the molecule is CCC[Si](C)(S)OC. The van der Waals surface area contributed by atoms with Crippen LogP contribution >= 0.6 is 12.1 Å². The first-order chi connectivity index (χ1) is 3.62. The molecule has 1 atom stereocenters. The van der Waals surface area contributed by atoms with Gasteiger partial charge >= 0.3 is 0 Å². The predicted octanol–water partition coefficient (Wildman–Crippen LogP) is 2.04. The van der Waals surface area contributed by atoms with Gasteiger partial charge in [-0.1, -0.05) is 13.3 Å². The molecule has 0 aliphatic heterocycles. The van der Waals surface area contributed by atoms with Crippen LogP contribution in [0.25, 0.3) is 0 Å². The zero-order valence-corrected chi connectivity index (χ0v) is 7.66. The van der Waals surface area contributed by atoms with Gasteiger partial charge in [0.25, 0.3) is 0 Å². The number of rotatable bonds is 3. The number of hydrogen-bond donors (Lipinski definition) is 1. The molecule has 0 aliphatic rings. The Morgan fingerprint density at radius 1 is 1.62 bits per heavy atom. The molecule has 0 radical (unpaired) electrons. The topological polar surface area (TPSA) is 9.23 Å². The molecule has 3 heteroatoms. The Morgan fingerprint density at radius 2 is 2.12 bits per heavy atom. The molecule has 0 aliphatic carbocycles. The third kappa shape index (κ3) is 3.52. The van der Waals surface area contributed by atoms with E-state index in [9.17, 15) is 0 Å². The molecular formula is C5H14OSSi. The highest BCUT2D eigenvalue weighted by molar-refractivity contribution is 8.13. The third-order valence-electron chi connectivity index (χ3n) is 1.15. The average Bonchev–Trinajstić information content (AvgIpc) is 1.67. The van der Waals surface area contributed by atoms with Crippen LogP contribution in [0, 0.1) is 0 Å². The van der Waals surface area contributed by atoms with E-state index in [1.165, 1.54) is 6.42 Å². The number of hydrogen-bond acceptors (Lipinski definition) is 2. The molecule has 0 N–H and O–H groups in total. The number of thiol groups is 1. The smallest absolute Gasteiger partial charge is 0.247 e. The highest BCUT2D eigenvalue weighted by Crippen LogP contribution is 2.15. The van der Waals surface area contributed by atoms with Crippen LogP contribution in [0.4, 0.5) is 0 Å². The molecule has 1 nitrogen and oxygen atoms in total. The fraction of sp³-hybridized carbons (Fsp3) is 1.00. The fourth-order valence-corrected chi connectivity index (χ4v) is 2.37. The van der Waals surface area contributed by atoms with Gasteiger partial charge in [0.15, 0.2) is 0 Å². The van der Waals surface area contributed by atoms with Gasteiger partial charge in [0.05, 0.1) is 0 Å². The van der Waals surface area contributed by atoms with Crippen molar-refractivity contribution in [3.05, 3.63) is 0 Å². The Bertz CT molecular complexity index is 65.4. The fourth-order valence-electron chi connectivity index (χ4n) is 0.566. The molecule has 0 spiro atoms. The summed E-state index contributed by atoms with van der Waals surface area (Å²) in [6.45, 7) is 4.26. The lowest BCUT2D eigenvalue weighted by molar-refractivity contribution is 0.417. The van der Waals surface area contributed by atoms with Gasteiger partial charge in [-0.3, -0.25) is 0 Å². The molecule has 0 aromatic carbocycles. The lowest BCUT2D eigenvalue weighted by Gasteiger charge is -2.16. The van der Waals surface area contributed by atoms with Crippen molar-refractivity contribution < 1.29 is 4.43 Å². The first kappa shape index (κ1) is 8.53. The van der Waals surface area contributed by atoms with Gasteiger partial charge in [0.1, 0.15) is 0 Å². The molecular weight excluding hydrogens is 136 g/mol. The van der Waals surface area contributed by atoms with Crippen molar-refractivity contribution >= 4 is 19.5 Å². The van der Waals surface area contributed by atoms with Crippen molar-refractivity contribution in [2.24, 2.45) is 0 Å². The zero-order chi connectivity index (χ0) is 6.62. The molecule has 0 bridgehead atoms. The summed E-state index contributed by atoms with van der Waals surface area (Å²) in [7, 11) is 0.262. The molecule has 0 amide bonds. The largest absolute Gasteiger partial charge is 0.410 e. The molecule has 0 rings (SSSR count). The molecule has 8 heavy (non-hydrogen) atoms. The van der Waals surface area contributed by atoms with Gasteiger partial charge in [-0.05, 0) is 12.6 Å². The van der Waals surface area contributed by atoms with Gasteiger partial charge in [-0.15, -0.1) is 0 Å². The molecule has 0 aromatic heterocycles. The lowest BCUT2D eigenvalue weighted by Crippen LogP contribution is -2.24. The summed E-state index contributed by atoms with van der Waals surface area (Å²) in [5.74, 6) is 0. The molecule has 0 heterocycles. The van der Waals surface area contributed by atoms with Crippen LogP contribution in [0.3, 0.4) is 0 Å². The predicted molar refractivity (Wildman–Crippen MR) is 42.7 cm³/mol.